The van der Waals surface area contributed by atoms with E-state index in [4.69, 9.17) is 4.74 Å². The van der Waals surface area contributed by atoms with Crippen molar-refractivity contribution in [3.63, 3.8) is 0 Å². The van der Waals surface area contributed by atoms with Crippen LogP contribution in [0.1, 0.15) is 43.0 Å². The molecule has 11 heteroatoms. The van der Waals surface area contributed by atoms with Gasteiger partial charge in [-0.05, 0) is 37.5 Å². The van der Waals surface area contributed by atoms with Crippen LogP contribution in [0.15, 0.2) is 23.1 Å². The largest absolute Gasteiger partial charge is 0.452 e. The smallest absolute Gasteiger partial charge is 0.340 e. The third-order valence-corrected chi connectivity index (χ3v) is 6.63. The van der Waals surface area contributed by atoms with E-state index in [9.17, 15) is 22.8 Å². The Kier molecular flexibility index (Phi) is 8.81. The van der Waals surface area contributed by atoms with Gasteiger partial charge in [-0.25, -0.2) is 22.3 Å². The molecule has 0 unspecified atom stereocenters. The number of nitrogens with one attached hydrogen (secondary N) is 2. The maximum Gasteiger partial charge on any atom is 0.340 e. The van der Waals surface area contributed by atoms with Gasteiger partial charge in [0.05, 0.1) is 16.1 Å². The topological polar surface area (TPSA) is 125 Å². The number of rotatable bonds is 9. The van der Waals surface area contributed by atoms with Crippen LogP contribution in [0, 0.1) is 0 Å². The summed E-state index contributed by atoms with van der Waals surface area (Å²) in [5.74, 6) is -1.61. The minimum Gasteiger partial charge on any atom is -0.452 e. The van der Waals surface area contributed by atoms with Crippen LogP contribution in [0.2, 0.25) is 0 Å². The Morgan fingerprint density at radius 1 is 1.16 bits per heavy atom. The van der Waals surface area contributed by atoms with Crippen molar-refractivity contribution in [2.75, 3.05) is 45.2 Å². The minimum absolute atomic E-state index is 0.0489. The van der Waals surface area contributed by atoms with Gasteiger partial charge >= 0.3 is 12.0 Å². The first-order chi connectivity index (χ1) is 14.7. The molecule has 0 aliphatic carbocycles. The third kappa shape index (κ3) is 6.66. The highest BCUT2D eigenvalue weighted by molar-refractivity contribution is 7.89. The molecule has 0 aromatic heterocycles. The van der Waals surface area contributed by atoms with Crippen LogP contribution in [-0.4, -0.2) is 71.0 Å². The molecule has 10 nitrogen and oxygen atoms in total. The second kappa shape index (κ2) is 11.1. The van der Waals surface area contributed by atoms with Gasteiger partial charge in [-0.3, -0.25) is 10.1 Å². The number of urea groups is 1. The van der Waals surface area contributed by atoms with E-state index in [1.165, 1.54) is 26.2 Å². The Morgan fingerprint density at radius 2 is 1.84 bits per heavy atom. The van der Waals surface area contributed by atoms with Crippen molar-refractivity contribution in [2.24, 2.45) is 0 Å². The van der Waals surface area contributed by atoms with Gasteiger partial charge in [-0.2, -0.15) is 0 Å². The summed E-state index contributed by atoms with van der Waals surface area (Å²) in [6.45, 7) is 3.21. The fraction of sp³-hybridized carbons (Fsp3) is 0.550. The summed E-state index contributed by atoms with van der Waals surface area (Å²) in [6.07, 6.45) is 3.60. The molecule has 1 aromatic rings. The van der Waals surface area contributed by atoms with Crippen LogP contribution in [-0.2, 0) is 19.6 Å². The van der Waals surface area contributed by atoms with Crippen molar-refractivity contribution in [3.05, 3.63) is 23.8 Å². The van der Waals surface area contributed by atoms with Crippen molar-refractivity contribution in [1.29, 1.82) is 0 Å². The predicted octanol–water partition coefficient (Wildman–Crippen LogP) is 1.32. The Labute approximate surface area is 183 Å². The molecular weight excluding hydrogens is 424 g/mol. The van der Waals surface area contributed by atoms with Crippen molar-refractivity contribution < 1.29 is 27.5 Å². The predicted molar refractivity (Wildman–Crippen MR) is 115 cm³/mol. The number of hydrogen-bond donors (Lipinski definition) is 2. The zero-order valence-electron chi connectivity index (χ0n) is 18.1. The molecule has 1 aliphatic heterocycles. The fourth-order valence-corrected chi connectivity index (χ4v) is 4.01. The van der Waals surface area contributed by atoms with Crippen LogP contribution >= 0.6 is 0 Å². The number of amides is 3. The molecular formula is C20H30N4O6S. The number of hydrogen-bond acceptors (Lipinski definition) is 7. The summed E-state index contributed by atoms with van der Waals surface area (Å²) in [7, 11) is -0.956. The summed E-state index contributed by atoms with van der Waals surface area (Å²) in [6, 6.07) is 3.64. The van der Waals surface area contributed by atoms with Gasteiger partial charge in [0.2, 0.25) is 10.0 Å². The maximum absolute atomic E-state index is 12.7. The van der Waals surface area contributed by atoms with Crippen LogP contribution in [0.3, 0.4) is 0 Å². The first-order valence-electron chi connectivity index (χ1n) is 10.2. The number of ether oxygens (including phenoxy) is 1. The summed E-state index contributed by atoms with van der Waals surface area (Å²) < 4.78 is 31.1. The number of anilines is 1. The molecule has 0 saturated carbocycles. The number of unbranched alkanes of at least 4 members (excludes halogenated alkanes) is 1. The summed E-state index contributed by atoms with van der Waals surface area (Å²) >= 11 is 0. The molecule has 1 aliphatic rings. The molecule has 1 saturated heterocycles. The zero-order chi connectivity index (χ0) is 23.0. The van der Waals surface area contributed by atoms with E-state index in [0.717, 1.165) is 43.1 Å². The highest BCUT2D eigenvalue weighted by Crippen LogP contribution is 2.28. The van der Waals surface area contributed by atoms with Gasteiger partial charge < -0.3 is 15.0 Å². The lowest BCUT2D eigenvalue weighted by atomic mass is 10.1. The Balaban J connectivity index is 2.13. The maximum atomic E-state index is 12.7. The van der Waals surface area contributed by atoms with E-state index >= 15 is 0 Å². The molecule has 0 atom stereocenters. The first-order valence-corrected chi connectivity index (χ1v) is 11.7. The number of nitrogens with zero attached hydrogens (tertiary/aromatic N) is 2. The monoisotopic (exact) mass is 454 g/mol. The van der Waals surface area contributed by atoms with Crippen LogP contribution in [0.5, 0.6) is 0 Å². The number of carbonyl (C=O) groups is 3. The zero-order valence-corrected chi connectivity index (χ0v) is 19.0. The van der Waals surface area contributed by atoms with E-state index in [2.05, 4.69) is 10.6 Å². The first kappa shape index (κ1) is 24.6. The molecule has 0 spiro atoms. The number of imide groups is 1. The third-order valence-electron chi connectivity index (χ3n) is 4.82. The molecule has 31 heavy (non-hydrogen) atoms. The molecule has 2 rings (SSSR count). The van der Waals surface area contributed by atoms with Gasteiger partial charge in [0.15, 0.2) is 6.61 Å². The van der Waals surface area contributed by atoms with Gasteiger partial charge in [-0.15, -0.1) is 0 Å². The average molecular weight is 455 g/mol. The fourth-order valence-electron chi connectivity index (χ4n) is 3.08. The van der Waals surface area contributed by atoms with Gasteiger partial charge in [0.25, 0.3) is 5.91 Å². The van der Waals surface area contributed by atoms with Crippen LogP contribution < -0.4 is 15.5 Å². The Hall–Kier alpha value is -2.66. The lowest BCUT2D eigenvalue weighted by Crippen LogP contribution is -2.41. The van der Waals surface area contributed by atoms with Crippen molar-refractivity contribution >= 4 is 33.6 Å². The van der Waals surface area contributed by atoms with Gasteiger partial charge in [0.1, 0.15) is 0 Å². The summed E-state index contributed by atoms with van der Waals surface area (Å²) in [4.78, 5) is 38.2. The highest BCUT2D eigenvalue weighted by atomic mass is 32.2. The Bertz CT molecular complexity index is 910. The molecule has 2 N–H and O–H groups in total. The quantitative estimate of drug-likeness (QED) is 0.426. The van der Waals surface area contributed by atoms with Gasteiger partial charge in [-0.1, -0.05) is 13.3 Å². The Morgan fingerprint density at radius 3 is 2.45 bits per heavy atom. The van der Waals surface area contributed by atoms with E-state index < -0.39 is 34.5 Å². The highest BCUT2D eigenvalue weighted by Gasteiger charge is 2.25. The van der Waals surface area contributed by atoms with E-state index in [1.807, 2.05) is 11.8 Å². The molecule has 172 valence electrons. The summed E-state index contributed by atoms with van der Waals surface area (Å²) in [5.41, 5.74) is 0.614. The van der Waals surface area contributed by atoms with Crippen molar-refractivity contribution in [3.8, 4) is 0 Å². The second-order valence-electron chi connectivity index (χ2n) is 7.39. The minimum atomic E-state index is -3.76. The van der Waals surface area contributed by atoms with Crippen LogP contribution in [0.4, 0.5) is 10.5 Å². The molecule has 3 amide bonds. The standard InChI is InChI=1S/C20H30N4O6S/c1-4-5-10-21-20(27)22-18(25)14-30-19(26)16-13-15(31(28,29)23(2)3)8-9-17(16)24-11-6-7-12-24/h8-9,13H,4-7,10-12,14H2,1-3H3,(H2,21,22,25,27). The molecule has 1 aromatic carbocycles. The number of esters is 1. The summed E-state index contributed by atoms with van der Waals surface area (Å²) in [5, 5.41) is 4.61. The normalized spacial score (nSPS) is 13.9. The lowest BCUT2D eigenvalue weighted by molar-refractivity contribution is -0.123. The van der Waals surface area contributed by atoms with Crippen LogP contribution in [0.25, 0.3) is 0 Å². The molecule has 0 radical (unpaired) electrons. The lowest BCUT2D eigenvalue weighted by Gasteiger charge is -2.22. The van der Waals surface area contributed by atoms with Gasteiger partial charge in [0, 0.05) is 33.7 Å². The van der Waals surface area contributed by atoms with E-state index in [0.29, 0.717) is 12.2 Å². The number of carbonyl (C=O) groups excluding carboxylic acids is 3. The number of sulfonamides is 1. The molecule has 1 fully saturated rings. The van der Waals surface area contributed by atoms with Crippen molar-refractivity contribution in [2.45, 2.75) is 37.5 Å². The SMILES string of the molecule is CCCCNC(=O)NC(=O)COC(=O)c1cc(S(=O)(=O)N(C)C)ccc1N1CCCC1. The molecule has 1 heterocycles. The van der Waals surface area contributed by atoms with E-state index in [-0.39, 0.29) is 10.5 Å². The average Bonchev–Trinajstić information content (AvgIpc) is 3.26. The second-order valence-corrected chi connectivity index (χ2v) is 9.55. The number of benzene rings is 1. The van der Waals surface area contributed by atoms with Crippen molar-refractivity contribution in [1.82, 2.24) is 14.9 Å². The van der Waals surface area contributed by atoms with E-state index in [1.54, 1.807) is 6.07 Å². The molecule has 0 bridgehead atoms.